The Bertz CT molecular complexity index is 610. The fraction of sp³-hybridized carbons (Fsp3) is 0.294. The van der Waals surface area contributed by atoms with Crippen LogP contribution in [0.5, 0.6) is 0 Å². The van der Waals surface area contributed by atoms with E-state index in [1.807, 2.05) is 18.8 Å². The lowest BCUT2D eigenvalue weighted by Crippen LogP contribution is -2.13. The summed E-state index contributed by atoms with van der Waals surface area (Å²) < 4.78 is 1.12. The first-order chi connectivity index (χ1) is 9.51. The molecule has 1 atom stereocenters. The molecule has 106 valence electrons. The number of halogens is 1. The van der Waals surface area contributed by atoms with Crippen LogP contribution in [0.25, 0.3) is 0 Å². The van der Waals surface area contributed by atoms with Crippen molar-refractivity contribution in [1.82, 2.24) is 5.32 Å². The van der Waals surface area contributed by atoms with Gasteiger partial charge in [-0.05, 0) is 63.2 Å². The van der Waals surface area contributed by atoms with E-state index in [4.69, 9.17) is 0 Å². The molecule has 2 aromatic rings. The summed E-state index contributed by atoms with van der Waals surface area (Å²) >= 11 is 5.41. The van der Waals surface area contributed by atoms with E-state index >= 15 is 0 Å². The van der Waals surface area contributed by atoms with Gasteiger partial charge in [0.05, 0.1) is 0 Å². The first-order valence-corrected chi connectivity index (χ1v) is 8.34. The third-order valence-corrected chi connectivity index (χ3v) is 5.18. The van der Waals surface area contributed by atoms with E-state index in [-0.39, 0.29) is 0 Å². The normalized spacial score (nSPS) is 12.4. The summed E-state index contributed by atoms with van der Waals surface area (Å²) in [6.07, 6.45) is 0. The number of nitrogens with one attached hydrogen (secondary N) is 1. The van der Waals surface area contributed by atoms with Gasteiger partial charge in [0, 0.05) is 20.3 Å². The second-order valence-corrected chi connectivity index (χ2v) is 7.06. The molecule has 1 N–H and O–H groups in total. The second kappa shape index (κ2) is 6.79. The van der Waals surface area contributed by atoms with Crippen LogP contribution in [0.1, 0.15) is 29.7 Å². The van der Waals surface area contributed by atoms with Gasteiger partial charge in [-0.1, -0.05) is 45.4 Å². The Morgan fingerprint density at radius 3 is 2.40 bits per heavy atom. The molecule has 20 heavy (non-hydrogen) atoms. The van der Waals surface area contributed by atoms with E-state index in [2.05, 4.69) is 78.4 Å². The molecule has 0 aromatic heterocycles. The minimum atomic E-state index is 0.334. The van der Waals surface area contributed by atoms with Gasteiger partial charge in [0.15, 0.2) is 0 Å². The lowest BCUT2D eigenvalue weighted by Gasteiger charge is -2.17. The van der Waals surface area contributed by atoms with Gasteiger partial charge >= 0.3 is 0 Å². The van der Waals surface area contributed by atoms with E-state index in [1.165, 1.54) is 26.5 Å². The molecule has 2 rings (SSSR count). The zero-order valence-electron chi connectivity index (χ0n) is 12.3. The van der Waals surface area contributed by atoms with Crippen LogP contribution < -0.4 is 5.32 Å². The fourth-order valence-corrected chi connectivity index (χ4v) is 3.60. The van der Waals surface area contributed by atoms with Crippen LogP contribution in [-0.2, 0) is 0 Å². The topological polar surface area (TPSA) is 12.0 Å². The number of benzene rings is 2. The average Bonchev–Trinajstić information content (AvgIpc) is 2.42. The molecule has 1 unspecified atom stereocenters. The second-order valence-electron chi connectivity index (χ2n) is 5.06. The highest BCUT2D eigenvalue weighted by molar-refractivity contribution is 9.10. The van der Waals surface area contributed by atoms with Gasteiger partial charge < -0.3 is 5.32 Å². The summed E-state index contributed by atoms with van der Waals surface area (Å²) in [5, 5.41) is 3.32. The van der Waals surface area contributed by atoms with Gasteiger partial charge in [-0.15, -0.1) is 0 Å². The Morgan fingerprint density at radius 2 is 1.75 bits per heavy atom. The largest absolute Gasteiger partial charge is 0.313 e. The monoisotopic (exact) mass is 349 g/mol. The van der Waals surface area contributed by atoms with Crippen LogP contribution >= 0.6 is 27.7 Å². The van der Waals surface area contributed by atoms with Crippen molar-refractivity contribution < 1.29 is 0 Å². The molecule has 0 aliphatic rings. The first kappa shape index (κ1) is 15.6. The van der Waals surface area contributed by atoms with E-state index in [9.17, 15) is 0 Å². The summed E-state index contributed by atoms with van der Waals surface area (Å²) in [7, 11) is 2.00. The Morgan fingerprint density at radius 1 is 1.05 bits per heavy atom. The summed E-state index contributed by atoms with van der Waals surface area (Å²) in [6, 6.07) is 13.5. The third kappa shape index (κ3) is 3.66. The van der Waals surface area contributed by atoms with E-state index < -0.39 is 0 Å². The van der Waals surface area contributed by atoms with Crippen LogP contribution in [-0.4, -0.2) is 7.05 Å². The zero-order valence-corrected chi connectivity index (χ0v) is 14.7. The van der Waals surface area contributed by atoms with Crippen LogP contribution in [0.15, 0.2) is 50.7 Å². The van der Waals surface area contributed by atoms with Crippen molar-refractivity contribution >= 4 is 27.7 Å². The molecule has 0 radical (unpaired) electrons. The smallest absolute Gasteiger partial charge is 0.0300 e. The SMILES string of the molecule is CNC(C)c1cc(Br)ccc1Sc1ccc(C)cc1C. The van der Waals surface area contributed by atoms with E-state index in [0.717, 1.165) is 4.47 Å². The molecule has 0 saturated carbocycles. The highest BCUT2D eigenvalue weighted by Crippen LogP contribution is 2.36. The first-order valence-electron chi connectivity index (χ1n) is 6.73. The van der Waals surface area contributed by atoms with Crippen LogP contribution in [0.2, 0.25) is 0 Å². The lowest BCUT2D eigenvalue weighted by atomic mass is 10.1. The number of hydrogen-bond donors (Lipinski definition) is 1. The fourth-order valence-electron chi connectivity index (χ4n) is 2.14. The van der Waals surface area contributed by atoms with Crippen molar-refractivity contribution in [3.8, 4) is 0 Å². The standard InChI is InChI=1S/C17H20BrNS/c1-11-5-7-16(12(2)9-11)20-17-8-6-14(18)10-15(17)13(3)19-4/h5-10,13,19H,1-4H3. The summed E-state index contributed by atoms with van der Waals surface area (Å²) in [5.74, 6) is 0. The molecule has 3 heteroatoms. The minimum absolute atomic E-state index is 0.334. The van der Waals surface area contributed by atoms with Gasteiger partial charge in [0.2, 0.25) is 0 Å². The van der Waals surface area contributed by atoms with Crippen LogP contribution in [0, 0.1) is 13.8 Å². The maximum absolute atomic E-state index is 3.57. The van der Waals surface area contributed by atoms with E-state index in [1.54, 1.807) is 0 Å². The molecule has 1 nitrogen and oxygen atoms in total. The lowest BCUT2D eigenvalue weighted by molar-refractivity contribution is 0.641. The molecule has 0 heterocycles. The predicted octanol–water partition coefficient (Wildman–Crippen LogP) is 5.50. The zero-order chi connectivity index (χ0) is 14.7. The van der Waals surface area contributed by atoms with Gasteiger partial charge in [-0.25, -0.2) is 0 Å². The molecule has 0 aliphatic carbocycles. The summed E-state index contributed by atoms with van der Waals surface area (Å²) in [4.78, 5) is 2.63. The molecule has 0 fully saturated rings. The number of hydrogen-bond acceptors (Lipinski definition) is 2. The van der Waals surface area contributed by atoms with Crippen molar-refractivity contribution in [1.29, 1.82) is 0 Å². The Labute approximate surface area is 134 Å². The maximum atomic E-state index is 3.57. The van der Waals surface area contributed by atoms with Crippen molar-refractivity contribution in [2.45, 2.75) is 36.6 Å². The van der Waals surface area contributed by atoms with Crippen molar-refractivity contribution in [3.63, 3.8) is 0 Å². The molecular formula is C17H20BrNS. The Balaban J connectivity index is 2.37. The Hall–Kier alpha value is -0.770. The minimum Gasteiger partial charge on any atom is -0.313 e. The van der Waals surface area contributed by atoms with E-state index in [0.29, 0.717) is 6.04 Å². The van der Waals surface area contributed by atoms with Crippen molar-refractivity contribution in [3.05, 3.63) is 57.6 Å². The van der Waals surface area contributed by atoms with Gasteiger partial charge in [-0.3, -0.25) is 0 Å². The molecular weight excluding hydrogens is 330 g/mol. The molecule has 0 saturated heterocycles. The summed E-state index contributed by atoms with van der Waals surface area (Å²) in [6.45, 7) is 6.50. The molecule has 0 aliphatic heterocycles. The predicted molar refractivity (Wildman–Crippen MR) is 91.7 cm³/mol. The van der Waals surface area contributed by atoms with Crippen molar-refractivity contribution in [2.75, 3.05) is 7.05 Å². The van der Waals surface area contributed by atoms with Gasteiger partial charge in [-0.2, -0.15) is 0 Å². The summed E-state index contributed by atoms with van der Waals surface area (Å²) in [5.41, 5.74) is 3.97. The number of aryl methyl sites for hydroxylation is 2. The quantitative estimate of drug-likeness (QED) is 0.782. The Kier molecular flexibility index (Phi) is 5.30. The molecule has 0 bridgehead atoms. The third-order valence-electron chi connectivity index (χ3n) is 3.42. The van der Waals surface area contributed by atoms with Gasteiger partial charge in [0.1, 0.15) is 0 Å². The number of rotatable bonds is 4. The van der Waals surface area contributed by atoms with Crippen LogP contribution in [0.3, 0.4) is 0 Å². The average molecular weight is 350 g/mol. The molecule has 0 spiro atoms. The molecule has 0 amide bonds. The highest BCUT2D eigenvalue weighted by Gasteiger charge is 2.11. The van der Waals surface area contributed by atoms with Gasteiger partial charge in [0.25, 0.3) is 0 Å². The highest BCUT2D eigenvalue weighted by atomic mass is 79.9. The maximum Gasteiger partial charge on any atom is 0.0300 e. The van der Waals surface area contributed by atoms with Crippen LogP contribution in [0.4, 0.5) is 0 Å². The molecule has 2 aromatic carbocycles. The van der Waals surface area contributed by atoms with Crippen molar-refractivity contribution in [2.24, 2.45) is 0 Å².